The van der Waals surface area contributed by atoms with Crippen LogP contribution in [0.4, 0.5) is 0 Å². The molecule has 0 radical (unpaired) electrons. The minimum atomic E-state index is -0.168. The van der Waals surface area contributed by atoms with Crippen LogP contribution in [0.15, 0.2) is 58.3 Å². The number of hydrogen-bond acceptors (Lipinski definition) is 2. The highest BCUT2D eigenvalue weighted by Gasteiger charge is 2.33. The molecule has 1 aliphatic rings. The molecular weight excluding hydrogens is 278 g/mol. The molecule has 0 N–H and O–H groups in total. The summed E-state index contributed by atoms with van der Waals surface area (Å²) < 4.78 is 0. The van der Waals surface area contributed by atoms with Crippen molar-refractivity contribution in [1.29, 1.82) is 0 Å². The van der Waals surface area contributed by atoms with Gasteiger partial charge in [0.25, 0.3) is 0 Å². The second kappa shape index (κ2) is 5.94. The second-order valence-corrected chi connectivity index (χ2v) is 6.21. The van der Waals surface area contributed by atoms with Crippen molar-refractivity contribution in [2.75, 3.05) is 13.1 Å². The van der Waals surface area contributed by atoms with E-state index in [2.05, 4.69) is 24.3 Å². The first-order chi connectivity index (χ1) is 10.3. The van der Waals surface area contributed by atoms with Crippen LogP contribution in [0.2, 0.25) is 0 Å². The maximum absolute atomic E-state index is 13.0. The molecular formula is C18H19NOS. The highest BCUT2D eigenvalue weighted by molar-refractivity contribution is 7.99. The molecule has 1 aliphatic heterocycles. The molecule has 3 heteroatoms. The Morgan fingerprint density at radius 2 is 1.43 bits per heavy atom. The number of nitrogens with zero attached hydrogens (tertiary/aromatic N) is 1. The van der Waals surface area contributed by atoms with E-state index in [1.165, 1.54) is 9.79 Å². The van der Waals surface area contributed by atoms with Gasteiger partial charge in [0.15, 0.2) is 0 Å². The summed E-state index contributed by atoms with van der Waals surface area (Å²) in [4.78, 5) is 17.3. The van der Waals surface area contributed by atoms with E-state index < -0.39 is 0 Å². The van der Waals surface area contributed by atoms with Crippen LogP contribution < -0.4 is 0 Å². The number of hydrogen-bond donors (Lipinski definition) is 0. The van der Waals surface area contributed by atoms with Crippen molar-refractivity contribution in [2.24, 2.45) is 0 Å². The van der Waals surface area contributed by atoms with Crippen LogP contribution in [0, 0.1) is 0 Å². The molecule has 2 nitrogen and oxygen atoms in total. The standard InChI is InChI=1S/C18H19NOS/c1-3-19(4-2)18(20)17-13-9-5-7-11-15(13)21-16-12-8-6-10-14(16)17/h5-12,17H,3-4H2,1-2H3. The van der Waals surface area contributed by atoms with Crippen LogP contribution in [0.3, 0.4) is 0 Å². The summed E-state index contributed by atoms with van der Waals surface area (Å²) in [5.74, 6) is 0.0405. The molecule has 0 saturated carbocycles. The van der Waals surface area contributed by atoms with Gasteiger partial charge >= 0.3 is 0 Å². The number of likely N-dealkylation sites (N-methyl/N-ethyl adjacent to an activating group) is 1. The molecule has 1 heterocycles. The first-order valence-electron chi connectivity index (χ1n) is 7.40. The van der Waals surface area contributed by atoms with Gasteiger partial charge in [0, 0.05) is 22.9 Å². The number of amides is 1. The largest absolute Gasteiger partial charge is 0.342 e. The summed E-state index contributed by atoms with van der Waals surface area (Å²) in [6, 6.07) is 16.5. The van der Waals surface area contributed by atoms with Gasteiger partial charge in [-0.15, -0.1) is 0 Å². The summed E-state index contributed by atoms with van der Waals surface area (Å²) in [5, 5.41) is 0. The lowest BCUT2D eigenvalue weighted by Gasteiger charge is -2.31. The van der Waals surface area contributed by atoms with Gasteiger partial charge in [-0.05, 0) is 37.1 Å². The van der Waals surface area contributed by atoms with Gasteiger partial charge in [0.05, 0.1) is 5.92 Å². The molecule has 108 valence electrons. The zero-order valence-electron chi connectivity index (χ0n) is 12.4. The normalized spacial score (nSPS) is 13.4. The Kier molecular flexibility index (Phi) is 4.02. The average molecular weight is 297 g/mol. The van der Waals surface area contributed by atoms with Crippen LogP contribution in [-0.2, 0) is 4.79 Å². The zero-order chi connectivity index (χ0) is 14.8. The fourth-order valence-electron chi connectivity index (χ4n) is 2.89. The molecule has 0 spiro atoms. The fraction of sp³-hybridized carbons (Fsp3) is 0.278. The first-order valence-corrected chi connectivity index (χ1v) is 8.22. The fourth-order valence-corrected chi connectivity index (χ4v) is 4.03. The summed E-state index contributed by atoms with van der Waals surface area (Å²) in [7, 11) is 0. The van der Waals surface area contributed by atoms with Crippen LogP contribution in [0.1, 0.15) is 30.9 Å². The highest BCUT2D eigenvalue weighted by Crippen LogP contribution is 2.46. The van der Waals surface area contributed by atoms with Crippen molar-refractivity contribution in [3.63, 3.8) is 0 Å². The van der Waals surface area contributed by atoms with Gasteiger partial charge in [0.2, 0.25) is 5.91 Å². The maximum Gasteiger partial charge on any atom is 0.234 e. The van der Waals surface area contributed by atoms with Crippen molar-refractivity contribution >= 4 is 17.7 Å². The summed E-state index contributed by atoms with van der Waals surface area (Å²) in [6.07, 6.45) is 0. The monoisotopic (exact) mass is 297 g/mol. The van der Waals surface area contributed by atoms with E-state index in [1.54, 1.807) is 11.8 Å². The van der Waals surface area contributed by atoms with Crippen molar-refractivity contribution in [3.05, 3.63) is 59.7 Å². The van der Waals surface area contributed by atoms with Gasteiger partial charge in [-0.25, -0.2) is 0 Å². The Bertz CT molecular complexity index is 618. The lowest BCUT2D eigenvalue weighted by atomic mass is 9.89. The van der Waals surface area contributed by atoms with E-state index >= 15 is 0 Å². The van der Waals surface area contributed by atoms with Crippen molar-refractivity contribution in [1.82, 2.24) is 4.90 Å². The minimum Gasteiger partial charge on any atom is -0.342 e. The lowest BCUT2D eigenvalue weighted by Crippen LogP contribution is -2.36. The third-order valence-electron chi connectivity index (χ3n) is 4.00. The number of carbonyl (C=O) groups excluding carboxylic acids is 1. The van der Waals surface area contributed by atoms with Crippen molar-refractivity contribution < 1.29 is 4.79 Å². The Hall–Kier alpha value is -1.74. The van der Waals surface area contributed by atoms with E-state index in [-0.39, 0.29) is 11.8 Å². The van der Waals surface area contributed by atoms with Crippen LogP contribution in [0.25, 0.3) is 0 Å². The number of benzene rings is 2. The van der Waals surface area contributed by atoms with E-state index in [0.717, 1.165) is 24.2 Å². The van der Waals surface area contributed by atoms with Gasteiger partial charge in [0.1, 0.15) is 0 Å². The smallest absolute Gasteiger partial charge is 0.234 e. The summed E-state index contributed by atoms with van der Waals surface area (Å²) in [6.45, 7) is 5.58. The van der Waals surface area contributed by atoms with Crippen LogP contribution >= 0.6 is 11.8 Å². The zero-order valence-corrected chi connectivity index (χ0v) is 13.2. The lowest BCUT2D eigenvalue weighted by molar-refractivity contribution is -0.131. The Labute approximate surface area is 130 Å². The Morgan fingerprint density at radius 1 is 0.952 bits per heavy atom. The third kappa shape index (κ3) is 2.46. The number of fused-ring (bicyclic) bond motifs is 2. The second-order valence-electron chi connectivity index (χ2n) is 5.12. The van der Waals surface area contributed by atoms with E-state index in [9.17, 15) is 4.79 Å². The molecule has 1 amide bonds. The minimum absolute atomic E-state index is 0.168. The van der Waals surface area contributed by atoms with Crippen LogP contribution in [0.5, 0.6) is 0 Å². The third-order valence-corrected chi connectivity index (χ3v) is 5.19. The highest BCUT2D eigenvalue weighted by atomic mass is 32.2. The predicted octanol–water partition coefficient (Wildman–Crippen LogP) is 4.15. The molecule has 0 atom stereocenters. The molecule has 2 aromatic rings. The molecule has 0 bridgehead atoms. The quantitative estimate of drug-likeness (QED) is 0.848. The van der Waals surface area contributed by atoms with E-state index in [0.29, 0.717) is 0 Å². The molecule has 21 heavy (non-hydrogen) atoms. The topological polar surface area (TPSA) is 20.3 Å². The Morgan fingerprint density at radius 3 is 1.90 bits per heavy atom. The summed E-state index contributed by atoms with van der Waals surface area (Å²) in [5.41, 5.74) is 2.27. The molecule has 0 aliphatic carbocycles. The van der Waals surface area contributed by atoms with Crippen molar-refractivity contribution in [2.45, 2.75) is 29.6 Å². The van der Waals surface area contributed by atoms with E-state index in [1.807, 2.05) is 43.0 Å². The predicted molar refractivity (Wildman–Crippen MR) is 86.8 cm³/mol. The molecule has 3 rings (SSSR count). The molecule has 0 saturated heterocycles. The van der Waals surface area contributed by atoms with Gasteiger partial charge in [-0.3, -0.25) is 4.79 Å². The first kappa shape index (κ1) is 14.2. The average Bonchev–Trinajstić information content (AvgIpc) is 2.53. The number of carbonyl (C=O) groups is 1. The van der Waals surface area contributed by atoms with E-state index in [4.69, 9.17) is 0 Å². The van der Waals surface area contributed by atoms with Crippen molar-refractivity contribution in [3.8, 4) is 0 Å². The van der Waals surface area contributed by atoms with Crippen LogP contribution in [-0.4, -0.2) is 23.9 Å². The molecule has 0 unspecified atom stereocenters. The van der Waals surface area contributed by atoms with Gasteiger partial charge < -0.3 is 4.90 Å². The molecule has 0 aromatic heterocycles. The number of rotatable bonds is 3. The van der Waals surface area contributed by atoms with Gasteiger partial charge in [-0.2, -0.15) is 0 Å². The maximum atomic E-state index is 13.0. The Balaban J connectivity index is 2.12. The SMILES string of the molecule is CCN(CC)C(=O)C1c2ccccc2Sc2ccccc21. The van der Waals surface area contributed by atoms with Gasteiger partial charge in [-0.1, -0.05) is 48.2 Å². The molecule has 2 aromatic carbocycles. The summed E-state index contributed by atoms with van der Waals surface area (Å²) >= 11 is 1.76. The molecule has 0 fully saturated rings.